The summed E-state index contributed by atoms with van der Waals surface area (Å²) >= 11 is 0. The minimum absolute atomic E-state index is 0.582. The van der Waals surface area contributed by atoms with Crippen LogP contribution in [0.25, 0.3) is 22.1 Å². The molecule has 4 heterocycles. The average Bonchev–Trinajstić information content (AvgIpc) is 3.27. The maximum absolute atomic E-state index is 4.74. The van der Waals surface area contributed by atoms with E-state index in [-0.39, 0.29) is 0 Å². The van der Waals surface area contributed by atoms with Gasteiger partial charge in [0.2, 0.25) is 0 Å². The van der Waals surface area contributed by atoms with E-state index in [9.17, 15) is 0 Å². The number of fused-ring (bicyclic) bond motifs is 2. The highest BCUT2D eigenvalue weighted by molar-refractivity contribution is 5.87. The number of aromatic nitrogens is 5. The van der Waals surface area contributed by atoms with Gasteiger partial charge >= 0.3 is 0 Å². The smallest absolute Gasteiger partial charge is 0.142 e. The van der Waals surface area contributed by atoms with Crippen LogP contribution in [0.4, 0.5) is 5.82 Å². The lowest BCUT2D eigenvalue weighted by atomic mass is 9.94. The molecular formula is C19H20N6. The van der Waals surface area contributed by atoms with Crippen LogP contribution >= 0.6 is 0 Å². The Morgan fingerprint density at radius 2 is 2.12 bits per heavy atom. The zero-order valence-corrected chi connectivity index (χ0v) is 13.9. The van der Waals surface area contributed by atoms with E-state index in [1.165, 1.54) is 12.8 Å². The number of piperidine rings is 1. The molecule has 0 aliphatic carbocycles. The fraction of sp³-hybridized carbons (Fsp3) is 0.316. The number of aromatic amines is 2. The second kappa shape index (κ2) is 5.88. The fourth-order valence-electron chi connectivity index (χ4n) is 3.91. The number of para-hydroxylation sites is 2. The fourth-order valence-corrected chi connectivity index (χ4v) is 3.91. The highest BCUT2D eigenvalue weighted by atomic mass is 15.2. The van der Waals surface area contributed by atoms with Crippen LogP contribution in [0.15, 0.2) is 42.9 Å². The van der Waals surface area contributed by atoms with Crippen molar-refractivity contribution in [2.45, 2.75) is 19.3 Å². The predicted octanol–water partition coefficient (Wildman–Crippen LogP) is 3.29. The van der Waals surface area contributed by atoms with E-state index in [1.807, 2.05) is 18.3 Å². The molecule has 0 spiro atoms. The van der Waals surface area contributed by atoms with Crippen molar-refractivity contribution in [3.8, 4) is 0 Å². The van der Waals surface area contributed by atoms with Gasteiger partial charge < -0.3 is 14.9 Å². The van der Waals surface area contributed by atoms with Crippen LogP contribution in [0.5, 0.6) is 0 Å². The number of nitrogens with zero attached hydrogens (tertiary/aromatic N) is 4. The second-order valence-electron chi connectivity index (χ2n) is 6.80. The second-order valence-corrected chi connectivity index (χ2v) is 6.80. The first-order valence-electron chi connectivity index (χ1n) is 8.83. The molecule has 6 nitrogen and oxygen atoms in total. The number of anilines is 1. The van der Waals surface area contributed by atoms with Crippen molar-refractivity contribution in [1.82, 2.24) is 24.9 Å². The third-order valence-corrected chi connectivity index (χ3v) is 5.07. The van der Waals surface area contributed by atoms with Gasteiger partial charge in [0, 0.05) is 25.7 Å². The maximum atomic E-state index is 4.74. The van der Waals surface area contributed by atoms with Crippen molar-refractivity contribution in [1.29, 1.82) is 0 Å². The number of imidazole rings is 1. The molecule has 0 saturated carbocycles. The van der Waals surface area contributed by atoms with Crippen molar-refractivity contribution < 1.29 is 0 Å². The number of hydrogen-bond acceptors (Lipinski definition) is 4. The molecule has 0 amide bonds. The van der Waals surface area contributed by atoms with Crippen LogP contribution in [-0.2, 0) is 6.42 Å². The van der Waals surface area contributed by atoms with E-state index in [2.05, 4.69) is 43.0 Å². The first-order chi connectivity index (χ1) is 12.4. The summed E-state index contributed by atoms with van der Waals surface area (Å²) in [5, 5.41) is 1.10. The summed E-state index contributed by atoms with van der Waals surface area (Å²) in [5.74, 6) is 2.71. The van der Waals surface area contributed by atoms with Crippen LogP contribution < -0.4 is 4.90 Å². The van der Waals surface area contributed by atoms with Crippen LogP contribution in [0.1, 0.15) is 18.7 Å². The van der Waals surface area contributed by atoms with Crippen molar-refractivity contribution >= 4 is 27.9 Å². The van der Waals surface area contributed by atoms with E-state index < -0.39 is 0 Å². The van der Waals surface area contributed by atoms with E-state index in [0.29, 0.717) is 5.92 Å². The summed E-state index contributed by atoms with van der Waals surface area (Å²) in [6.07, 6.45) is 6.97. The monoisotopic (exact) mass is 332 g/mol. The highest BCUT2D eigenvalue weighted by Gasteiger charge is 2.23. The quantitative estimate of drug-likeness (QED) is 0.604. The molecule has 1 fully saturated rings. The van der Waals surface area contributed by atoms with Crippen molar-refractivity contribution in [3.05, 3.63) is 48.7 Å². The summed E-state index contributed by atoms with van der Waals surface area (Å²) in [6.45, 7) is 2.06. The van der Waals surface area contributed by atoms with E-state index >= 15 is 0 Å². The van der Waals surface area contributed by atoms with Crippen molar-refractivity contribution in [2.24, 2.45) is 5.92 Å². The Hall–Kier alpha value is -2.89. The van der Waals surface area contributed by atoms with Crippen molar-refractivity contribution in [3.63, 3.8) is 0 Å². The molecule has 1 aliphatic rings. The molecule has 4 aromatic rings. The molecule has 0 radical (unpaired) electrons. The Labute approximate surface area is 145 Å². The third kappa shape index (κ3) is 2.63. The third-order valence-electron chi connectivity index (χ3n) is 5.07. The molecule has 1 saturated heterocycles. The maximum Gasteiger partial charge on any atom is 0.142 e. The highest BCUT2D eigenvalue weighted by Crippen LogP contribution is 2.28. The minimum Gasteiger partial charge on any atom is -0.356 e. The Kier molecular flexibility index (Phi) is 3.40. The van der Waals surface area contributed by atoms with E-state index in [1.54, 1.807) is 6.33 Å². The van der Waals surface area contributed by atoms with Gasteiger partial charge in [-0.3, -0.25) is 0 Å². The molecule has 5 rings (SSSR count). The molecule has 25 heavy (non-hydrogen) atoms. The summed E-state index contributed by atoms with van der Waals surface area (Å²) < 4.78 is 0. The molecule has 1 unspecified atom stereocenters. The van der Waals surface area contributed by atoms with Gasteiger partial charge in [-0.2, -0.15) is 0 Å². The standard InChI is InChI=1S/C19H20N6/c1-2-6-16-15(5-1)23-17(24-16)10-13-4-3-9-25(11-13)19-14-7-8-20-18(14)21-12-22-19/h1-2,5-8,12-13H,3-4,9-11H2,(H,23,24)(H,20,21,22). The van der Waals surface area contributed by atoms with Gasteiger partial charge in [-0.25, -0.2) is 15.0 Å². The lowest BCUT2D eigenvalue weighted by Crippen LogP contribution is -2.37. The van der Waals surface area contributed by atoms with Gasteiger partial charge in [0.15, 0.2) is 0 Å². The molecule has 3 aromatic heterocycles. The van der Waals surface area contributed by atoms with Gasteiger partial charge in [-0.15, -0.1) is 0 Å². The molecule has 126 valence electrons. The molecule has 0 bridgehead atoms. The van der Waals surface area contributed by atoms with Gasteiger partial charge in [-0.1, -0.05) is 12.1 Å². The number of rotatable bonds is 3. The first-order valence-corrected chi connectivity index (χ1v) is 8.83. The number of benzene rings is 1. The van der Waals surface area contributed by atoms with Gasteiger partial charge in [-0.05, 0) is 37.0 Å². The molecule has 1 aromatic carbocycles. The summed E-state index contributed by atoms with van der Waals surface area (Å²) in [7, 11) is 0. The van der Waals surface area contributed by atoms with Crippen LogP contribution in [-0.4, -0.2) is 38.0 Å². The summed E-state index contributed by atoms with van der Waals surface area (Å²) in [6, 6.07) is 10.3. The Balaban J connectivity index is 1.38. The molecule has 2 N–H and O–H groups in total. The van der Waals surface area contributed by atoms with Gasteiger partial charge in [0.05, 0.1) is 16.4 Å². The predicted molar refractivity (Wildman–Crippen MR) is 98.6 cm³/mol. The Bertz CT molecular complexity index is 984. The molecule has 1 aliphatic heterocycles. The zero-order chi connectivity index (χ0) is 16.6. The van der Waals surface area contributed by atoms with Gasteiger partial charge in [0.1, 0.15) is 23.6 Å². The number of hydrogen-bond donors (Lipinski definition) is 2. The normalized spacial score (nSPS) is 18.2. The van der Waals surface area contributed by atoms with Crippen LogP contribution in [0.2, 0.25) is 0 Å². The van der Waals surface area contributed by atoms with Gasteiger partial charge in [0.25, 0.3) is 0 Å². The number of nitrogens with one attached hydrogen (secondary N) is 2. The lowest BCUT2D eigenvalue weighted by molar-refractivity contribution is 0.406. The summed E-state index contributed by atoms with van der Waals surface area (Å²) in [4.78, 5) is 22.6. The van der Waals surface area contributed by atoms with Crippen LogP contribution in [0.3, 0.4) is 0 Å². The largest absolute Gasteiger partial charge is 0.356 e. The lowest BCUT2D eigenvalue weighted by Gasteiger charge is -2.33. The minimum atomic E-state index is 0.582. The zero-order valence-electron chi connectivity index (χ0n) is 13.9. The van der Waals surface area contributed by atoms with Crippen molar-refractivity contribution in [2.75, 3.05) is 18.0 Å². The van der Waals surface area contributed by atoms with Crippen LogP contribution in [0, 0.1) is 5.92 Å². The molecule has 1 atom stereocenters. The molecular weight excluding hydrogens is 312 g/mol. The van der Waals surface area contributed by atoms with E-state index in [4.69, 9.17) is 4.98 Å². The molecule has 6 heteroatoms. The Morgan fingerprint density at radius 3 is 3.08 bits per heavy atom. The summed E-state index contributed by atoms with van der Waals surface area (Å²) in [5.41, 5.74) is 3.08. The topological polar surface area (TPSA) is 73.5 Å². The average molecular weight is 332 g/mol. The van der Waals surface area contributed by atoms with E-state index in [0.717, 1.165) is 53.2 Å². The Morgan fingerprint density at radius 1 is 1.16 bits per heavy atom. The SMILES string of the molecule is c1ccc2[nH]c(CC3CCCN(c4ncnc5[nH]ccc45)C3)nc2c1. The first kappa shape index (κ1) is 14.5. The number of H-pyrrole nitrogens is 2.